The van der Waals surface area contributed by atoms with Crippen molar-refractivity contribution in [3.8, 4) is 17.2 Å². The van der Waals surface area contributed by atoms with Crippen molar-refractivity contribution >= 4 is 23.4 Å². The molecule has 0 spiro atoms. The number of hydrogen-bond donors (Lipinski definition) is 6. The van der Waals surface area contributed by atoms with Crippen LogP contribution in [0.3, 0.4) is 0 Å². The molecule has 2 aromatic carbocycles. The molecular formula is C36H44N4O13. The van der Waals surface area contributed by atoms with Crippen molar-refractivity contribution in [1.82, 2.24) is 20.9 Å². The first-order chi connectivity index (χ1) is 25.4. The van der Waals surface area contributed by atoms with Crippen molar-refractivity contribution in [2.75, 3.05) is 54.1 Å². The van der Waals surface area contributed by atoms with Gasteiger partial charge in [0.25, 0.3) is 5.91 Å². The van der Waals surface area contributed by atoms with E-state index in [0.717, 1.165) is 0 Å². The van der Waals surface area contributed by atoms with Crippen molar-refractivity contribution in [2.24, 2.45) is 0 Å². The molecule has 286 valence electrons. The molecule has 0 bridgehead atoms. The number of ketones is 2. The molecule has 7 rings (SSSR count). The third-order valence-electron chi connectivity index (χ3n) is 10.7. The Labute approximate surface area is 304 Å². The number of nitrogens with one attached hydrogen (secondary N) is 3. The second-order valence-corrected chi connectivity index (χ2v) is 13.8. The minimum absolute atomic E-state index is 0.0303. The highest BCUT2D eigenvalue weighted by Crippen LogP contribution is 2.53. The molecule has 3 heterocycles. The number of phenolic OH excluding ortho intramolecular Hbond substituents is 2. The molecule has 8 atom stereocenters. The van der Waals surface area contributed by atoms with Crippen molar-refractivity contribution in [3.63, 3.8) is 0 Å². The number of ether oxygens (including phenoxy) is 6. The number of methoxy groups -OCH3 is 2. The van der Waals surface area contributed by atoms with Gasteiger partial charge in [0, 0.05) is 68.7 Å². The zero-order valence-corrected chi connectivity index (χ0v) is 29.8. The Kier molecular flexibility index (Phi) is 10.2. The van der Waals surface area contributed by atoms with Crippen LogP contribution in [0.4, 0.5) is 0 Å². The van der Waals surface area contributed by atoms with Crippen LogP contribution in [0.5, 0.6) is 17.2 Å². The molecule has 17 heteroatoms. The van der Waals surface area contributed by atoms with Crippen LogP contribution in [0.25, 0.3) is 0 Å². The highest BCUT2D eigenvalue weighted by atomic mass is 16.7. The van der Waals surface area contributed by atoms with E-state index in [9.17, 15) is 34.5 Å². The topological polar surface area (TPSA) is 224 Å². The third kappa shape index (κ3) is 6.34. The SMILES string of the molecule is CNCC(=O)NCCNC(=O)[C@]1(O)Cc2c(O)c3c(c(O)c2[C@@H](O[C@H]2C[C@H]4[C@H](O[C@@H]5[C@@H](OC)OCCN54)[C@H](C)O2)C1)C(=O)c1c(OC)cccc1C3=O. The molecular weight excluding hydrogens is 696 g/mol. The molecule has 2 amide bonds. The second kappa shape index (κ2) is 14.6. The van der Waals surface area contributed by atoms with Crippen molar-refractivity contribution in [2.45, 2.75) is 74.9 Å². The normalized spacial score (nSPS) is 30.4. The van der Waals surface area contributed by atoms with Crippen LogP contribution in [0, 0.1) is 0 Å². The zero-order chi connectivity index (χ0) is 37.8. The lowest BCUT2D eigenvalue weighted by Crippen LogP contribution is -2.55. The first-order valence-electron chi connectivity index (χ1n) is 17.6. The van der Waals surface area contributed by atoms with Crippen molar-refractivity contribution in [1.29, 1.82) is 0 Å². The molecule has 0 radical (unpaired) electrons. The Hall–Kier alpha value is -4.20. The van der Waals surface area contributed by atoms with Gasteiger partial charge in [0.15, 0.2) is 24.6 Å². The fourth-order valence-corrected chi connectivity index (χ4v) is 8.27. The van der Waals surface area contributed by atoms with E-state index >= 15 is 0 Å². The van der Waals surface area contributed by atoms with Crippen LogP contribution in [0.1, 0.15) is 68.8 Å². The standard InChI is InChI=1S/C36H44N4O13/c1-16-32-19(40-10-11-50-34(49-4)33(40)53-32)12-23(51-16)52-21-14-36(47,35(46)39-9-8-38-22(41)15-37-2)13-18-25(21)31(45)27-26(29(18)43)28(42)17-6-5-7-20(48-3)24(17)30(27)44/h5-7,16,19,21,23,32-34,37,43,45,47H,8-15H2,1-4H3,(H,38,41)(H,39,46)/t16-,19-,21-,23-,32+,33+,34-,36-/m0/s1. The van der Waals surface area contributed by atoms with Gasteiger partial charge in [-0.05, 0) is 20.0 Å². The summed E-state index contributed by atoms with van der Waals surface area (Å²) in [5.41, 5.74) is -3.42. The zero-order valence-electron chi connectivity index (χ0n) is 29.8. The number of benzene rings is 2. The number of carbonyl (C=O) groups excluding carboxylic acids is 4. The van der Waals surface area contributed by atoms with E-state index in [1.54, 1.807) is 7.05 Å². The van der Waals surface area contributed by atoms with Gasteiger partial charge in [-0.25, -0.2) is 0 Å². The number of carbonyl (C=O) groups is 4. The quantitative estimate of drug-likeness (QED) is 0.115. The van der Waals surface area contributed by atoms with E-state index in [-0.39, 0.29) is 72.1 Å². The molecule has 0 aromatic heterocycles. The first kappa shape index (κ1) is 37.1. The van der Waals surface area contributed by atoms with Crippen molar-refractivity contribution < 1.29 is 62.9 Å². The van der Waals surface area contributed by atoms with Crippen LogP contribution in [0.15, 0.2) is 18.2 Å². The maximum atomic E-state index is 14.1. The minimum Gasteiger partial charge on any atom is -0.507 e. The number of rotatable bonds is 10. The monoisotopic (exact) mass is 740 g/mol. The Morgan fingerprint density at radius 3 is 2.53 bits per heavy atom. The van der Waals surface area contributed by atoms with Crippen LogP contribution >= 0.6 is 0 Å². The van der Waals surface area contributed by atoms with E-state index < -0.39 is 89.6 Å². The van der Waals surface area contributed by atoms with Gasteiger partial charge < -0.3 is 59.7 Å². The Bertz CT molecular complexity index is 1820. The van der Waals surface area contributed by atoms with E-state index in [2.05, 4.69) is 20.9 Å². The van der Waals surface area contributed by atoms with Gasteiger partial charge in [-0.2, -0.15) is 0 Å². The summed E-state index contributed by atoms with van der Waals surface area (Å²) >= 11 is 0. The van der Waals surface area contributed by atoms with E-state index in [1.807, 2.05) is 6.92 Å². The number of aromatic hydroxyl groups is 2. The van der Waals surface area contributed by atoms with Crippen LogP contribution < -0.4 is 20.7 Å². The number of nitrogens with zero attached hydrogens (tertiary/aromatic N) is 1. The first-order valence-corrected chi connectivity index (χ1v) is 17.6. The predicted molar refractivity (Wildman–Crippen MR) is 182 cm³/mol. The van der Waals surface area contributed by atoms with Gasteiger partial charge in [-0.15, -0.1) is 0 Å². The van der Waals surface area contributed by atoms with Crippen LogP contribution in [0.2, 0.25) is 0 Å². The summed E-state index contributed by atoms with van der Waals surface area (Å²) in [6.45, 7) is 2.93. The summed E-state index contributed by atoms with van der Waals surface area (Å²) in [6, 6.07) is 4.26. The molecule has 0 saturated carbocycles. The number of hydrogen-bond acceptors (Lipinski definition) is 15. The van der Waals surface area contributed by atoms with Gasteiger partial charge in [0.05, 0.1) is 49.2 Å². The smallest absolute Gasteiger partial charge is 0.252 e. The lowest BCUT2D eigenvalue weighted by atomic mass is 9.72. The summed E-state index contributed by atoms with van der Waals surface area (Å²) in [7, 11) is 4.50. The summed E-state index contributed by atoms with van der Waals surface area (Å²) in [5.74, 6) is -3.80. The Morgan fingerprint density at radius 2 is 1.79 bits per heavy atom. The number of aliphatic hydroxyl groups is 1. The summed E-state index contributed by atoms with van der Waals surface area (Å²) in [5, 5.41) is 43.7. The van der Waals surface area contributed by atoms with E-state index in [4.69, 9.17) is 28.4 Å². The molecule has 0 unspecified atom stereocenters. The molecule has 3 fully saturated rings. The van der Waals surface area contributed by atoms with E-state index in [0.29, 0.717) is 13.2 Å². The highest BCUT2D eigenvalue weighted by molar-refractivity contribution is 6.31. The molecule has 3 saturated heterocycles. The number of likely N-dealkylation sites (N-methyl/N-ethyl adjacent to an activating group) is 1. The number of morpholine rings is 1. The maximum absolute atomic E-state index is 14.1. The molecule has 6 N–H and O–H groups in total. The van der Waals surface area contributed by atoms with Gasteiger partial charge in [-0.3, -0.25) is 24.1 Å². The third-order valence-corrected chi connectivity index (χ3v) is 10.7. The predicted octanol–water partition coefficient (Wildman–Crippen LogP) is -0.398. The summed E-state index contributed by atoms with van der Waals surface area (Å²) in [6.07, 6.45) is -4.86. The fraction of sp³-hybridized carbons (Fsp3) is 0.556. The van der Waals surface area contributed by atoms with Crippen molar-refractivity contribution in [3.05, 3.63) is 51.6 Å². The lowest BCUT2D eigenvalue weighted by Gasteiger charge is -2.43. The number of amides is 2. The number of fused-ring (bicyclic) bond motifs is 6. The van der Waals surface area contributed by atoms with Crippen LogP contribution in [-0.4, -0.2) is 140 Å². The van der Waals surface area contributed by atoms with Gasteiger partial charge >= 0.3 is 0 Å². The average molecular weight is 741 g/mol. The van der Waals surface area contributed by atoms with Gasteiger partial charge in [-0.1, -0.05) is 12.1 Å². The second-order valence-electron chi connectivity index (χ2n) is 13.8. The molecule has 5 aliphatic rings. The fourth-order valence-electron chi connectivity index (χ4n) is 8.27. The Balaban J connectivity index is 1.24. The lowest BCUT2D eigenvalue weighted by molar-refractivity contribution is -0.256. The largest absolute Gasteiger partial charge is 0.507 e. The molecule has 2 aromatic rings. The average Bonchev–Trinajstić information content (AvgIpc) is 3.52. The minimum atomic E-state index is -2.23. The van der Waals surface area contributed by atoms with Gasteiger partial charge in [0.2, 0.25) is 11.7 Å². The van der Waals surface area contributed by atoms with Gasteiger partial charge in [0.1, 0.15) is 29.0 Å². The molecule has 2 aliphatic carbocycles. The number of phenols is 2. The van der Waals surface area contributed by atoms with Crippen LogP contribution in [-0.2, 0) is 39.7 Å². The Morgan fingerprint density at radius 1 is 1.04 bits per heavy atom. The maximum Gasteiger partial charge on any atom is 0.252 e. The molecule has 3 aliphatic heterocycles. The molecule has 53 heavy (non-hydrogen) atoms. The van der Waals surface area contributed by atoms with E-state index in [1.165, 1.54) is 32.4 Å². The summed E-state index contributed by atoms with van der Waals surface area (Å²) in [4.78, 5) is 55.7. The molecule has 17 nitrogen and oxygen atoms in total. The summed E-state index contributed by atoms with van der Waals surface area (Å²) < 4.78 is 35.7. The highest BCUT2D eigenvalue weighted by Gasteiger charge is 2.55.